The Morgan fingerprint density at radius 2 is 2.33 bits per heavy atom. The Balaban J connectivity index is 1.59. The number of nitrogens with zero attached hydrogens (tertiary/aromatic N) is 2. The summed E-state index contributed by atoms with van der Waals surface area (Å²) in [6.45, 7) is 0. The van der Waals surface area contributed by atoms with Gasteiger partial charge in [0.1, 0.15) is 5.82 Å². The van der Waals surface area contributed by atoms with Gasteiger partial charge in [0.25, 0.3) is 0 Å². The number of amides is 1. The summed E-state index contributed by atoms with van der Waals surface area (Å²) in [6.07, 6.45) is 4.36. The molecule has 0 bridgehead atoms. The monoisotopic (exact) mass is 242 g/mol. The average Bonchev–Trinajstić information content (AvgIpc) is 3.12. The molecule has 5 nitrogen and oxygen atoms in total. The molecule has 0 atom stereocenters. The van der Waals surface area contributed by atoms with Crippen LogP contribution in [0.25, 0.3) is 0 Å². The summed E-state index contributed by atoms with van der Waals surface area (Å²) in [6, 6.07) is 7.45. The van der Waals surface area contributed by atoms with Gasteiger partial charge < -0.3 is 5.32 Å². The highest BCUT2D eigenvalue weighted by molar-refractivity contribution is 5.91. The minimum absolute atomic E-state index is 0.0836. The molecular formula is C13H14N4O. The van der Waals surface area contributed by atoms with E-state index >= 15 is 0 Å². The molecule has 1 saturated carbocycles. The predicted octanol–water partition coefficient (Wildman–Crippen LogP) is 1.86. The fourth-order valence-electron chi connectivity index (χ4n) is 1.85. The molecule has 2 aromatic heterocycles. The number of hydrogen-bond donors (Lipinski definition) is 2. The standard InChI is InChI=1S/C13H14N4O/c18-13(7-10-3-1-2-6-14-10)15-12-8-11(16-17-12)9-4-5-9/h1-3,6,8-9H,4-5,7H2,(H2,15,16,17,18). The van der Waals surface area contributed by atoms with Crippen LogP contribution in [0.1, 0.15) is 30.1 Å². The molecule has 1 aliphatic rings. The van der Waals surface area contributed by atoms with E-state index in [1.807, 2.05) is 24.3 Å². The van der Waals surface area contributed by atoms with Gasteiger partial charge in [0.05, 0.1) is 12.1 Å². The van der Waals surface area contributed by atoms with Crippen LogP contribution in [0.15, 0.2) is 30.5 Å². The van der Waals surface area contributed by atoms with E-state index in [4.69, 9.17) is 0 Å². The molecule has 18 heavy (non-hydrogen) atoms. The van der Waals surface area contributed by atoms with Gasteiger partial charge in [-0.25, -0.2) is 0 Å². The lowest BCUT2D eigenvalue weighted by atomic mass is 10.2. The van der Waals surface area contributed by atoms with Crippen molar-refractivity contribution in [3.8, 4) is 0 Å². The molecule has 0 aliphatic heterocycles. The van der Waals surface area contributed by atoms with Crippen LogP contribution in [0.3, 0.4) is 0 Å². The van der Waals surface area contributed by atoms with Crippen LogP contribution in [-0.2, 0) is 11.2 Å². The maximum Gasteiger partial charge on any atom is 0.231 e. The van der Waals surface area contributed by atoms with Gasteiger partial charge in [-0.05, 0) is 25.0 Å². The predicted molar refractivity (Wildman–Crippen MR) is 67.1 cm³/mol. The van der Waals surface area contributed by atoms with E-state index in [-0.39, 0.29) is 12.3 Å². The second-order valence-corrected chi connectivity index (χ2v) is 4.53. The van der Waals surface area contributed by atoms with Crippen molar-refractivity contribution in [1.29, 1.82) is 0 Å². The molecule has 1 fully saturated rings. The molecule has 1 aliphatic carbocycles. The lowest BCUT2D eigenvalue weighted by Crippen LogP contribution is -2.15. The number of rotatable bonds is 4. The Bertz CT molecular complexity index is 545. The highest BCUT2D eigenvalue weighted by Gasteiger charge is 2.26. The average molecular weight is 242 g/mol. The number of hydrogen-bond acceptors (Lipinski definition) is 3. The zero-order chi connectivity index (χ0) is 12.4. The molecule has 2 aromatic rings. The lowest BCUT2D eigenvalue weighted by molar-refractivity contribution is -0.115. The maximum absolute atomic E-state index is 11.8. The summed E-state index contributed by atoms with van der Waals surface area (Å²) < 4.78 is 0. The maximum atomic E-state index is 11.8. The molecule has 3 rings (SSSR count). The smallest absolute Gasteiger partial charge is 0.231 e. The topological polar surface area (TPSA) is 70.7 Å². The Kier molecular flexibility index (Phi) is 2.80. The van der Waals surface area contributed by atoms with Crippen molar-refractivity contribution in [2.75, 3.05) is 5.32 Å². The highest BCUT2D eigenvalue weighted by atomic mass is 16.1. The number of aromatic amines is 1. The van der Waals surface area contributed by atoms with E-state index in [9.17, 15) is 4.79 Å². The Morgan fingerprint density at radius 1 is 1.44 bits per heavy atom. The third kappa shape index (κ3) is 2.56. The van der Waals surface area contributed by atoms with Crippen molar-refractivity contribution in [2.45, 2.75) is 25.2 Å². The minimum Gasteiger partial charge on any atom is -0.311 e. The third-order valence-electron chi connectivity index (χ3n) is 2.94. The number of carbonyl (C=O) groups is 1. The van der Waals surface area contributed by atoms with Gasteiger partial charge in [0, 0.05) is 23.9 Å². The number of anilines is 1. The molecule has 5 heteroatoms. The van der Waals surface area contributed by atoms with Crippen LogP contribution >= 0.6 is 0 Å². The van der Waals surface area contributed by atoms with Crippen LogP contribution in [-0.4, -0.2) is 21.1 Å². The van der Waals surface area contributed by atoms with E-state index in [0.29, 0.717) is 11.7 Å². The normalized spacial score (nSPS) is 14.4. The number of nitrogens with one attached hydrogen (secondary N) is 2. The van der Waals surface area contributed by atoms with Gasteiger partial charge in [-0.2, -0.15) is 5.10 Å². The molecule has 0 unspecified atom stereocenters. The van der Waals surface area contributed by atoms with Gasteiger partial charge >= 0.3 is 0 Å². The first-order valence-electron chi connectivity index (χ1n) is 6.06. The SMILES string of the molecule is O=C(Cc1ccccn1)Nc1cc(C2CC2)n[nH]1. The Hall–Kier alpha value is -2.17. The summed E-state index contributed by atoms with van der Waals surface area (Å²) in [5.74, 6) is 1.17. The minimum atomic E-state index is -0.0836. The number of H-pyrrole nitrogens is 1. The van der Waals surface area contributed by atoms with Crippen LogP contribution < -0.4 is 5.32 Å². The molecule has 2 heterocycles. The molecule has 2 N–H and O–H groups in total. The lowest BCUT2D eigenvalue weighted by Gasteiger charge is -2.01. The van der Waals surface area contributed by atoms with Gasteiger partial charge in [-0.1, -0.05) is 6.07 Å². The first kappa shape index (κ1) is 11.0. The van der Waals surface area contributed by atoms with E-state index in [1.165, 1.54) is 12.8 Å². The molecular weight excluding hydrogens is 228 g/mol. The first-order valence-corrected chi connectivity index (χ1v) is 6.06. The van der Waals surface area contributed by atoms with Crippen molar-refractivity contribution in [3.05, 3.63) is 41.9 Å². The van der Waals surface area contributed by atoms with Crippen LogP contribution in [0, 0.1) is 0 Å². The van der Waals surface area contributed by atoms with E-state index in [0.717, 1.165) is 11.4 Å². The van der Waals surface area contributed by atoms with Crippen molar-refractivity contribution in [3.63, 3.8) is 0 Å². The highest BCUT2D eigenvalue weighted by Crippen LogP contribution is 2.39. The Morgan fingerprint density at radius 3 is 3.06 bits per heavy atom. The molecule has 0 spiro atoms. The van der Waals surface area contributed by atoms with Gasteiger partial charge in [0.2, 0.25) is 5.91 Å². The second kappa shape index (κ2) is 4.60. The summed E-state index contributed by atoms with van der Waals surface area (Å²) in [5.41, 5.74) is 1.81. The quantitative estimate of drug-likeness (QED) is 0.859. The van der Waals surface area contributed by atoms with Gasteiger partial charge in [-0.15, -0.1) is 0 Å². The van der Waals surface area contributed by atoms with Crippen molar-refractivity contribution in [2.24, 2.45) is 0 Å². The van der Waals surface area contributed by atoms with Gasteiger partial charge in [-0.3, -0.25) is 14.9 Å². The third-order valence-corrected chi connectivity index (χ3v) is 2.94. The largest absolute Gasteiger partial charge is 0.311 e. The summed E-state index contributed by atoms with van der Waals surface area (Å²) in [7, 11) is 0. The zero-order valence-electron chi connectivity index (χ0n) is 9.89. The van der Waals surface area contributed by atoms with Crippen LogP contribution in [0.2, 0.25) is 0 Å². The van der Waals surface area contributed by atoms with E-state index in [2.05, 4.69) is 20.5 Å². The summed E-state index contributed by atoms with van der Waals surface area (Å²) in [4.78, 5) is 15.9. The zero-order valence-corrected chi connectivity index (χ0v) is 9.89. The Labute approximate surface area is 105 Å². The van der Waals surface area contributed by atoms with E-state index in [1.54, 1.807) is 6.20 Å². The van der Waals surface area contributed by atoms with E-state index < -0.39 is 0 Å². The number of pyridine rings is 1. The number of aromatic nitrogens is 3. The summed E-state index contributed by atoms with van der Waals surface area (Å²) in [5, 5.41) is 9.82. The van der Waals surface area contributed by atoms with Crippen LogP contribution in [0.4, 0.5) is 5.82 Å². The van der Waals surface area contributed by atoms with Crippen molar-refractivity contribution >= 4 is 11.7 Å². The fourth-order valence-corrected chi connectivity index (χ4v) is 1.85. The summed E-state index contributed by atoms with van der Waals surface area (Å²) >= 11 is 0. The molecule has 0 radical (unpaired) electrons. The molecule has 0 aromatic carbocycles. The number of carbonyl (C=O) groups excluding carboxylic acids is 1. The second-order valence-electron chi connectivity index (χ2n) is 4.53. The van der Waals surface area contributed by atoms with Gasteiger partial charge in [0.15, 0.2) is 0 Å². The van der Waals surface area contributed by atoms with Crippen LogP contribution in [0.5, 0.6) is 0 Å². The van der Waals surface area contributed by atoms with Crippen molar-refractivity contribution < 1.29 is 4.79 Å². The molecule has 0 saturated heterocycles. The first-order chi connectivity index (χ1) is 8.81. The molecule has 1 amide bonds. The molecule has 92 valence electrons. The fraction of sp³-hybridized carbons (Fsp3) is 0.308. The van der Waals surface area contributed by atoms with Crippen molar-refractivity contribution in [1.82, 2.24) is 15.2 Å².